The van der Waals surface area contributed by atoms with Crippen LogP contribution < -0.4 is 10.6 Å². The van der Waals surface area contributed by atoms with Crippen LogP contribution in [0.4, 0.5) is 0 Å². The third-order valence-electron chi connectivity index (χ3n) is 3.87. The van der Waals surface area contributed by atoms with Crippen molar-refractivity contribution in [1.82, 2.24) is 10.6 Å². The topological polar surface area (TPSA) is 58.2 Å². The van der Waals surface area contributed by atoms with E-state index < -0.39 is 0 Å². The van der Waals surface area contributed by atoms with Crippen molar-refractivity contribution in [1.29, 1.82) is 0 Å². The summed E-state index contributed by atoms with van der Waals surface area (Å²) in [5.74, 6) is -0.252. The van der Waals surface area contributed by atoms with E-state index in [1.807, 2.05) is 37.3 Å². The highest BCUT2D eigenvalue weighted by Crippen LogP contribution is 2.13. The van der Waals surface area contributed by atoms with E-state index in [4.69, 9.17) is 0 Å². The fourth-order valence-electron chi connectivity index (χ4n) is 2.36. The summed E-state index contributed by atoms with van der Waals surface area (Å²) in [6.07, 6.45) is 2.00. The molecule has 2 rings (SSSR count). The van der Waals surface area contributed by atoms with Gasteiger partial charge in [-0.3, -0.25) is 9.59 Å². The summed E-state index contributed by atoms with van der Waals surface area (Å²) in [5.41, 5.74) is 2.17. The molecule has 1 atom stereocenters. The summed E-state index contributed by atoms with van der Waals surface area (Å²) >= 11 is 0. The van der Waals surface area contributed by atoms with Crippen LogP contribution >= 0.6 is 0 Å². The van der Waals surface area contributed by atoms with Crippen molar-refractivity contribution in [2.75, 3.05) is 6.54 Å². The predicted octanol–water partition coefficient (Wildman–Crippen LogP) is 3.71. The molecular formula is C20H24N2O2. The van der Waals surface area contributed by atoms with Crippen molar-refractivity contribution >= 4 is 11.8 Å². The zero-order valence-electron chi connectivity index (χ0n) is 14.2. The Morgan fingerprint density at radius 3 is 2.08 bits per heavy atom. The van der Waals surface area contributed by atoms with Crippen LogP contribution in [0.15, 0.2) is 54.6 Å². The molecule has 2 aromatic rings. The average Bonchev–Trinajstić information content (AvgIpc) is 2.62. The Balaban J connectivity index is 1.95. The molecule has 0 aliphatic rings. The first-order valence-electron chi connectivity index (χ1n) is 8.36. The molecule has 0 radical (unpaired) electrons. The number of benzene rings is 2. The van der Waals surface area contributed by atoms with Gasteiger partial charge in [0, 0.05) is 17.7 Å². The van der Waals surface area contributed by atoms with E-state index in [2.05, 4.69) is 17.6 Å². The van der Waals surface area contributed by atoms with E-state index in [0.29, 0.717) is 17.7 Å². The van der Waals surface area contributed by atoms with Gasteiger partial charge in [0.1, 0.15) is 0 Å². The highest BCUT2D eigenvalue weighted by atomic mass is 16.2. The second-order valence-corrected chi connectivity index (χ2v) is 5.79. The van der Waals surface area contributed by atoms with Gasteiger partial charge in [0.15, 0.2) is 0 Å². The lowest BCUT2D eigenvalue weighted by Crippen LogP contribution is -2.27. The van der Waals surface area contributed by atoms with Crippen molar-refractivity contribution < 1.29 is 9.59 Å². The Bertz CT molecular complexity index is 666. The first kappa shape index (κ1) is 17.7. The molecule has 0 fully saturated rings. The molecule has 0 bridgehead atoms. The summed E-state index contributed by atoms with van der Waals surface area (Å²) in [7, 11) is 0. The van der Waals surface area contributed by atoms with Crippen LogP contribution in [-0.2, 0) is 0 Å². The van der Waals surface area contributed by atoms with Crippen molar-refractivity contribution in [2.24, 2.45) is 0 Å². The zero-order valence-corrected chi connectivity index (χ0v) is 14.2. The van der Waals surface area contributed by atoms with Gasteiger partial charge in [0.25, 0.3) is 11.8 Å². The quantitative estimate of drug-likeness (QED) is 0.763. The molecule has 2 amide bonds. The second kappa shape index (κ2) is 8.87. The van der Waals surface area contributed by atoms with Gasteiger partial charge in [-0.25, -0.2) is 0 Å². The molecule has 2 N–H and O–H groups in total. The molecular weight excluding hydrogens is 300 g/mol. The molecule has 24 heavy (non-hydrogen) atoms. The Hall–Kier alpha value is -2.62. The molecule has 0 aliphatic heterocycles. The summed E-state index contributed by atoms with van der Waals surface area (Å²) in [6.45, 7) is 4.70. The third-order valence-corrected chi connectivity index (χ3v) is 3.87. The second-order valence-electron chi connectivity index (χ2n) is 5.79. The minimum Gasteiger partial charge on any atom is -0.352 e. The summed E-state index contributed by atoms with van der Waals surface area (Å²) in [5, 5.41) is 5.83. The normalized spacial score (nSPS) is 11.6. The smallest absolute Gasteiger partial charge is 0.251 e. The summed E-state index contributed by atoms with van der Waals surface area (Å²) < 4.78 is 0. The van der Waals surface area contributed by atoms with Crippen LogP contribution in [0, 0.1) is 0 Å². The van der Waals surface area contributed by atoms with Crippen LogP contribution in [-0.4, -0.2) is 18.4 Å². The van der Waals surface area contributed by atoms with Gasteiger partial charge in [-0.2, -0.15) is 0 Å². The molecule has 0 heterocycles. The van der Waals surface area contributed by atoms with Gasteiger partial charge in [0.05, 0.1) is 6.04 Å². The van der Waals surface area contributed by atoms with Crippen molar-refractivity contribution in [3.8, 4) is 0 Å². The first-order chi connectivity index (χ1) is 11.6. The average molecular weight is 324 g/mol. The number of nitrogens with one attached hydrogen (secondary N) is 2. The largest absolute Gasteiger partial charge is 0.352 e. The van der Waals surface area contributed by atoms with Crippen molar-refractivity contribution in [2.45, 2.75) is 32.7 Å². The van der Waals surface area contributed by atoms with E-state index in [1.165, 1.54) is 0 Å². The van der Waals surface area contributed by atoms with Crippen LogP contribution in [0.1, 0.15) is 59.0 Å². The van der Waals surface area contributed by atoms with Gasteiger partial charge in [0.2, 0.25) is 0 Å². The molecule has 2 aromatic carbocycles. The van der Waals surface area contributed by atoms with Crippen LogP contribution in [0.5, 0.6) is 0 Å². The molecule has 0 saturated carbocycles. The lowest BCUT2D eigenvalue weighted by atomic mass is 10.1. The summed E-state index contributed by atoms with van der Waals surface area (Å²) in [4.78, 5) is 24.3. The van der Waals surface area contributed by atoms with Gasteiger partial charge in [-0.15, -0.1) is 0 Å². The maximum Gasteiger partial charge on any atom is 0.251 e. The maximum atomic E-state index is 12.3. The van der Waals surface area contributed by atoms with Gasteiger partial charge >= 0.3 is 0 Å². The highest BCUT2D eigenvalue weighted by molar-refractivity contribution is 5.97. The molecule has 0 spiro atoms. The fourth-order valence-corrected chi connectivity index (χ4v) is 2.36. The SMILES string of the molecule is CCCCNC(=O)c1ccc(C(=O)NC(C)c2ccccc2)cc1. The molecule has 0 aromatic heterocycles. The maximum absolute atomic E-state index is 12.3. The standard InChI is InChI=1S/C20H24N2O2/c1-3-4-14-21-19(23)17-10-12-18(13-11-17)20(24)22-15(2)16-8-6-5-7-9-16/h5-13,15H,3-4,14H2,1-2H3,(H,21,23)(H,22,24). The molecule has 126 valence electrons. The number of hydrogen-bond acceptors (Lipinski definition) is 2. The minimum atomic E-state index is -0.149. The zero-order chi connectivity index (χ0) is 17.4. The van der Waals surface area contributed by atoms with Gasteiger partial charge in [-0.1, -0.05) is 43.7 Å². The van der Waals surface area contributed by atoms with Crippen molar-refractivity contribution in [3.63, 3.8) is 0 Å². The number of rotatable bonds is 7. The summed E-state index contributed by atoms with van der Waals surface area (Å²) in [6, 6.07) is 16.5. The van der Waals surface area contributed by atoms with Crippen molar-refractivity contribution in [3.05, 3.63) is 71.3 Å². The number of carbonyl (C=O) groups is 2. The molecule has 0 saturated heterocycles. The molecule has 4 heteroatoms. The Kier molecular flexibility index (Phi) is 6.55. The van der Waals surface area contributed by atoms with Gasteiger partial charge < -0.3 is 10.6 Å². The lowest BCUT2D eigenvalue weighted by molar-refractivity contribution is 0.0932. The Labute approximate surface area is 143 Å². The van der Waals surface area contributed by atoms with Gasteiger partial charge in [-0.05, 0) is 43.2 Å². The predicted molar refractivity (Wildman–Crippen MR) is 96.0 cm³/mol. The number of amides is 2. The van der Waals surface area contributed by atoms with E-state index in [-0.39, 0.29) is 17.9 Å². The number of unbranched alkanes of at least 4 members (excludes halogenated alkanes) is 1. The van der Waals surface area contributed by atoms with Crippen LogP contribution in [0.3, 0.4) is 0 Å². The third kappa shape index (κ3) is 4.95. The van der Waals surface area contributed by atoms with E-state index >= 15 is 0 Å². The fraction of sp³-hybridized carbons (Fsp3) is 0.300. The lowest BCUT2D eigenvalue weighted by Gasteiger charge is -2.14. The molecule has 4 nitrogen and oxygen atoms in total. The van der Waals surface area contributed by atoms with E-state index in [1.54, 1.807) is 24.3 Å². The monoisotopic (exact) mass is 324 g/mol. The first-order valence-corrected chi connectivity index (χ1v) is 8.36. The molecule has 1 unspecified atom stereocenters. The van der Waals surface area contributed by atoms with E-state index in [0.717, 1.165) is 18.4 Å². The highest BCUT2D eigenvalue weighted by Gasteiger charge is 2.12. The molecule has 0 aliphatic carbocycles. The minimum absolute atomic E-state index is 0.0734. The van der Waals surface area contributed by atoms with Crippen LogP contribution in [0.2, 0.25) is 0 Å². The Morgan fingerprint density at radius 1 is 0.917 bits per heavy atom. The number of hydrogen-bond donors (Lipinski definition) is 2. The number of carbonyl (C=O) groups excluding carboxylic acids is 2. The van der Waals surface area contributed by atoms with E-state index in [9.17, 15) is 9.59 Å². The van der Waals surface area contributed by atoms with Crippen LogP contribution in [0.25, 0.3) is 0 Å². The Morgan fingerprint density at radius 2 is 1.50 bits per heavy atom.